The number of rotatable bonds is 7. The average molecular weight is 454 g/mol. The number of carbonyl (C=O) groups excluding carboxylic acids is 1. The normalized spacial score (nSPS) is 14.8. The SMILES string of the molecule is C/C=C/[C@@](C)(CO[Si](c1ccccc1)(c1ccccc1)C(C)(C)C)NC(=O)OC(C)(C)C. The van der Waals surface area contributed by atoms with Crippen molar-refractivity contribution in [1.82, 2.24) is 5.32 Å². The molecule has 2 aromatic carbocycles. The number of hydrogen-bond acceptors (Lipinski definition) is 3. The van der Waals surface area contributed by atoms with Crippen LogP contribution in [-0.2, 0) is 9.16 Å². The first-order chi connectivity index (χ1) is 14.8. The summed E-state index contributed by atoms with van der Waals surface area (Å²) in [5.74, 6) is 0. The predicted molar refractivity (Wildman–Crippen MR) is 136 cm³/mol. The van der Waals surface area contributed by atoms with Crippen LogP contribution in [-0.4, -0.2) is 32.2 Å². The second-order valence-corrected chi connectivity index (χ2v) is 14.8. The van der Waals surface area contributed by atoms with E-state index in [0.29, 0.717) is 6.61 Å². The molecule has 0 bridgehead atoms. The minimum Gasteiger partial charge on any atom is -0.444 e. The van der Waals surface area contributed by atoms with E-state index < -0.39 is 25.6 Å². The molecular formula is C27H39NO3Si. The fourth-order valence-corrected chi connectivity index (χ4v) is 8.72. The maximum absolute atomic E-state index is 12.6. The molecule has 0 radical (unpaired) electrons. The summed E-state index contributed by atoms with van der Waals surface area (Å²) in [7, 11) is -2.71. The van der Waals surface area contributed by atoms with E-state index in [2.05, 4.69) is 74.6 Å². The third-order valence-electron chi connectivity index (χ3n) is 5.33. The Morgan fingerprint density at radius 1 is 0.875 bits per heavy atom. The first-order valence-corrected chi connectivity index (χ1v) is 13.1. The van der Waals surface area contributed by atoms with E-state index >= 15 is 0 Å². The van der Waals surface area contributed by atoms with Crippen molar-refractivity contribution in [2.75, 3.05) is 6.61 Å². The molecule has 2 rings (SSSR count). The van der Waals surface area contributed by atoms with E-state index in [1.165, 1.54) is 10.4 Å². The van der Waals surface area contributed by atoms with Crippen LogP contribution in [0.4, 0.5) is 4.79 Å². The lowest BCUT2D eigenvalue weighted by Gasteiger charge is -2.45. The fraction of sp³-hybridized carbons (Fsp3) is 0.444. The van der Waals surface area contributed by atoms with Crippen LogP contribution in [0.15, 0.2) is 72.8 Å². The molecule has 1 atom stereocenters. The summed E-state index contributed by atoms with van der Waals surface area (Å²) in [5.41, 5.74) is -1.29. The fourth-order valence-electron chi connectivity index (χ4n) is 4.05. The number of nitrogens with one attached hydrogen (secondary N) is 1. The van der Waals surface area contributed by atoms with Gasteiger partial charge in [0.15, 0.2) is 0 Å². The van der Waals surface area contributed by atoms with Crippen LogP contribution in [0.5, 0.6) is 0 Å². The largest absolute Gasteiger partial charge is 0.444 e. The molecule has 2 aromatic rings. The van der Waals surface area contributed by atoms with E-state index in [4.69, 9.17) is 9.16 Å². The lowest BCUT2D eigenvalue weighted by Crippen LogP contribution is -2.68. The van der Waals surface area contributed by atoms with Crippen molar-refractivity contribution in [3.05, 3.63) is 72.8 Å². The molecule has 4 nitrogen and oxygen atoms in total. The standard InChI is InChI=1S/C27H39NO3Si/c1-9-20-27(8,28-24(29)31-25(2,3)4)21-30-32(26(5,6)7,22-16-12-10-13-17-22)23-18-14-11-15-19-23/h9-20H,21H2,1-8H3,(H,28,29)/b20-9+/t27-/m0/s1. The number of benzene rings is 2. The zero-order valence-electron chi connectivity index (χ0n) is 20.9. The van der Waals surface area contributed by atoms with Gasteiger partial charge in [-0.15, -0.1) is 0 Å². The lowest BCUT2D eigenvalue weighted by molar-refractivity contribution is 0.0457. The number of amides is 1. The van der Waals surface area contributed by atoms with Crippen molar-refractivity contribution in [3.8, 4) is 0 Å². The van der Waals surface area contributed by atoms with Gasteiger partial charge in [-0.05, 0) is 50.0 Å². The Bertz CT molecular complexity index is 858. The van der Waals surface area contributed by atoms with Gasteiger partial charge in [0.1, 0.15) is 5.60 Å². The minimum absolute atomic E-state index is 0.140. The maximum atomic E-state index is 12.6. The molecule has 5 heteroatoms. The summed E-state index contributed by atoms with van der Waals surface area (Å²) in [6, 6.07) is 21.0. The Balaban J connectivity index is 2.50. The molecule has 0 saturated heterocycles. The number of hydrogen-bond donors (Lipinski definition) is 1. The van der Waals surface area contributed by atoms with Crippen molar-refractivity contribution >= 4 is 24.8 Å². The number of allylic oxidation sites excluding steroid dienone is 1. The molecule has 1 N–H and O–H groups in total. The molecule has 0 heterocycles. The van der Waals surface area contributed by atoms with E-state index in [1.54, 1.807) is 0 Å². The molecule has 0 spiro atoms. The van der Waals surface area contributed by atoms with Gasteiger partial charge in [0.2, 0.25) is 0 Å². The summed E-state index contributed by atoms with van der Waals surface area (Å²) in [4.78, 5) is 12.6. The Morgan fingerprint density at radius 2 is 1.34 bits per heavy atom. The number of alkyl carbamates (subject to hydrolysis) is 1. The average Bonchev–Trinajstić information content (AvgIpc) is 2.67. The van der Waals surface area contributed by atoms with Crippen molar-refractivity contribution in [1.29, 1.82) is 0 Å². The van der Waals surface area contributed by atoms with E-state index in [0.717, 1.165) is 0 Å². The Labute approximate surface area is 195 Å². The van der Waals surface area contributed by atoms with E-state index in [1.807, 2.05) is 58.9 Å². The molecule has 174 valence electrons. The van der Waals surface area contributed by atoms with Gasteiger partial charge in [0, 0.05) is 0 Å². The molecule has 1 amide bonds. The Hall–Kier alpha value is -2.37. The maximum Gasteiger partial charge on any atom is 0.408 e. The molecule has 0 aromatic heterocycles. The van der Waals surface area contributed by atoms with Crippen LogP contribution >= 0.6 is 0 Å². The minimum atomic E-state index is -2.71. The monoisotopic (exact) mass is 453 g/mol. The Morgan fingerprint density at radius 3 is 1.72 bits per heavy atom. The Kier molecular flexibility index (Phi) is 8.13. The summed E-state index contributed by atoms with van der Waals surface area (Å²) >= 11 is 0. The van der Waals surface area contributed by atoms with Crippen LogP contribution in [0, 0.1) is 0 Å². The van der Waals surface area contributed by atoms with Crippen LogP contribution in [0.1, 0.15) is 55.4 Å². The van der Waals surface area contributed by atoms with Gasteiger partial charge in [0.25, 0.3) is 8.32 Å². The van der Waals surface area contributed by atoms with Crippen molar-refractivity contribution < 1.29 is 14.0 Å². The topological polar surface area (TPSA) is 47.6 Å². The highest BCUT2D eigenvalue weighted by atomic mass is 28.4. The highest BCUT2D eigenvalue weighted by molar-refractivity contribution is 6.99. The molecule has 0 fully saturated rings. The van der Waals surface area contributed by atoms with Gasteiger partial charge in [-0.2, -0.15) is 0 Å². The van der Waals surface area contributed by atoms with Crippen LogP contribution in [0.25, 0.3) is 0 Å². The van der Waals surface area contributed by atoms with Gasteiger partial charge in [-0.3, -0.25) is 0 Å². The highest BCUT2D eigenvalue weighted by Crippen LogP contribution is 2.37. The van der Waals surface area contributed by atoms with Crippen LogP contribution in [0.3, 0.4) is 0 Å². The van der Waals surface area contributed by atoms with Gasteiger partial charge >= 0.3 is 6.09 Å². The first kappa shape index (κ1) is 25.9. The highest BCUT2D eigenvalue weighted by Gasteiger charge is 2.51. The summed E-state index contributed by atoms with van der Waals surface area (Å²) in [5, 5.41) is 5.30. The number of ether oxygens (including phenoxy) is 1. The molecule has 0 unspecified atom stereocenters. The molecule has 0 aliphatic carbocycles. The van der Waals surface area contributed by atoms with Crippen LogP contribution in [0.2, 0.25) is 5.04 Å². The summed E-state index contributed by atoms with van der Waals surface area (Å²) < 4.78 is 12.6. The van der Waals surface area contributed by atoms with E-state index in [9.17, 15) is 4.79 Å². The zero-order chi connectivity index (χ0) is 24.0. The second kappa shape index (κ2) is 10.0. The lowest BCUT2D eigenvalue weighted by atomic mass is 10.0. The van der Waals surface area contributed by atoms with Crippen LogP contribution < -0.4 is 15.7 Å². The molecule has 0 saturated carbocycles. The molecule has 32 heavy (non-hydrogen) atoms. The van der Waals surface area contributed by atoms with Gasteiger partial charge in [0.05, 0.1) is 12.1 Å². The van der Waals surface area contributed by atoms with Crippen molar-refractivity contribution in [3.63, 3.8) is 0 Å². The summed E-state index contributed by atoms with van der Waals surface area (Å²) in [6.07, 6.45) is 3.45. The predicted octanol–water partition coefficient (Wildman–Crippen LogP) is 5.42. The number of carbonyl (C=O) groups is 1. The quantitative estimate of drug-likeness (QED) is 0.450. The van der Waals surface area contributed by atoms with Gasteiger partial charge in [-0.1, -0.05) is 93.6 Å². The smallest absolute Gasteiger partial charge is 0.408 e. The third-order valence-corrected chi connectivity index (χ3v) is 10.3. The van der Waals surface area contributed by atoms with Gasteiger partial charge in [-0.25, -0.2) is 4.79 Å². The zero-order valence-corrected chi connectivity index (χ0v) is 21.9. The first-order valence-electron chi connectivity index (χ1n) is 11.2. The molecular weight excluding hydrogens is 414 g/mol. The van der Waals surface area contributed by atoms with Gasteiger partial charge < -0.3 is 14.5 Å². The van der Waals surface area contributed by atoms with Crippen molar-refractivity contribution in [2.45, 2.75) is 71.6 Å². The van der Waals surface area contributed by atoms with E-state index in [-0.39, 0.29) is 5.04 Å². The molecule has 0 aliphatic rings. The van der Waals surface area contributed by atoms with Crippen molar-refractivity contribution in [2.24, 2.45) is 0 Å². The second-order valence-electron chi connectivity index (χ2n) is 10.5. The molecule has 0 aliphatic heterocycles. The third kappa shape index (κ3) is 6.33. The summed E-state index contributed by atoms with van der Waals surface area (Å²) in [6.45, 7) is 16.5.